The van der Waals surface area contributed by atoms with Gasteiger partial charge in [-0.15, -0.1) is 0 Å². The van der Waals surface area contributed by atoms with Crippen LogP contribution in [0.25, 0.3) is 55.7 Å². The molecule has 0 bridgehead atoms. The van der Waals surface area contributed by atoms with Crippen LogP contribution in [0.4, 0.5) is 0 Å². The van der Waals surface area contributed by atoms with E-state index in [4.69, 9.17) is 0 Å². The van der Waals surface area contributed by atoms with Gasteiger partial charge in [-0.2, -0.15) is 16.4 Å². The quantitative estimate of drug-likeness (QED) is 0.369. The fourth-order valence-electron chi connectivity index (χ4n) is 4.19. The van der Waals surface area contributed by atoms with E-state index in [1.165, 1.54) is 5.56 Å². The number of aromatic nitrogens is 6. The standard InChI is InChI=1S/C25H21N7S/c1-32(2)13-15-7-17(11-26-10-15)18-8-21-23(30-31-25(21)28-12-18)22-9-20-19(16-4-6-33-14-16)3-5-27-24(20)29-22/h3-12,14H,13H2,1-2H3,(H,27,29)(H,28,30,31). The SMILES string of the molecule is CN(C)Cc1cncc(-c2cnc3[nH]nc(-c4cc5c(-c6ccsc6)ccnc5[nH]4)c3c2)c1. The third-order valence-electron chi connectivity index (χ3n) is 5.66. The molecule has 6 rings (SSSR count). The second kappa shape index (κ2) is 7.91. The van der Waals surface area contributed by atoms with Crippen molar-refractivity contribution >= 4 is 33.4 Å². The summed E-state index contributed by atoms with van der Waals surface area (Å²) in [4.78, 5) is 19.2. The van der Waals surface area contributed by atoms with E-state index >= 15 is 0 Å². The van der Waals surface area contributed by atoms with E-state index < -0.39 is 0 Å². The number of pyridine rings is 3. The smallest absolute Gasteiger partial charge is 0.155 e. The molecule has 8 heteroatoms. The predicted octanol–water partition coefficient (Wildman–Crippen LogP) is 5.35. The Kier molecular flexibility index (Phi) is 4.74. The molecule has 0 radical (unpaired) electrons. The van der Waals surface area contributed by atoms with Gasteiger partial charge in [0.15, 0.2) is 5.65 Å². The zero-order valence-electron chi connectivity index (χ0n) is 18.2. The highest BCUT2D eigenvalue weighted by molar-refractivity contribution is 7.08. The molecule has 0 unspecified atom stereocenters. The normalized spacial score (nSPS) is 11.7. The van der Waals surface area contributed by atoms with Gasteiger partial charge in [0.05, 0.1) is 5.69 Å². The van der Waals surface area contributed by atoms with Gasteiger partial charge in [0, 0.05) is 53.2 Å². The van der Waals surface area contributed by atoms with Crippen LogP contribution in [0, 0.1) is 0 Å². The van der Waals surface area contributed by atoms with Gasteiger partial charge in [0.1, 0.15) is 11.3 Å². The monoisotopic (exact) mass is 451 g/mol. The number of hydrogen-bond donors (Lipinski definition) is 2. The van der Waals surface area contributed by atoms with E-state index in [0.29, 0.717) is 0 Å². The number of fused-ring (bicyclic) bond motifs is 2. The van der Waals surface area contributed by atoms with Crippen molar-refractivity contribution in [1.29, 1.82) is 0 Å². The van der Waals surface area contributed by atoms with Crippen LogP contribution in [0.1, 0.15) is 5.56 Å². The zero-order chi connectivity index (χ0) is 22.4. The van der Waals surface area contributed by atoms with Crippen molar-refractivity contribution in [3.05, 3.63) is 71.4 Å². The molecule has 0 spiro atoms. The van der Waals surface area contributed by atoms with Gasteiger partial charge >= 0.3 is 0 Å². The van der Waals surface area contributed by atoms with E-state index in [1.807, 2.05) is 24.8 Å². The average Bonchev–Trinajstić information content (AvgIpc) is 3.57. The van der Waals surface area contributed by atoms with Crippen LogP contribution in [0.5, 0.6) is 0 Å². The van der Waals surface area contributed by atoms with E-state index in [1.54, 1.807) is 11.3 Å². The Labute approximate surface area is 194 Å². The topological polar surface area (TPSA) is 86.4 Å². The molecule has 0 atom stereocenters. The minimum Gasteiger partial charge on any atom is -0.338 e. The lowest BCUT2D eigenvalue weighted by molar-refractivity contribution is 0.402. The van der Waals surface area contributed by atoms with E-state index in [9.17, 15) is 0 Å². The largest absolute Gasteiger partial charge is 0.338 e. The number of H-pyrrole nitrogens is 2. The molecule has 6 aromatic rings. The van der Waals surface area contributed by atoms with Crippen molar-refractivity contribution in [3.63, 3.8) is 0 Å². The van der Waals surface area contributed by atoms with Crippen LogP contribution in [0.2, 0.25) is 0 Å². The summed E-state index contributed by atoms with van der Waals surface area (Å²) in [5, 5.41) is 13.9. The van der Waals surface area contributed by atoms with Crippen LogP contribution in [0.15, 0.2) is 65.9 Å². The summed E-state index contributed by atoms with van der Waals surface area (Å²) in [5.41, 5.74) is 8.87. The molecular weight excluding hydrogens is 430 g/mol. The molecule has 0 fully saturated rings. The molecular formula is C25H21N7S. The first kappa shape index (κ1) is 19.8. The Hall–Kier alpha value is -3.88. The number of thiophene rings is 1. The lowest BCUT2D eigenvalue weighted by Gasteiger charge is -2.10. The van der Waals surface area contributed by atoms with Gasteiger partial charge in [-0.3, -0.25) is 10.1 Å². The van der Waals surface area contributed by atoms with Gasteiger partial charge in [0.25, 0.3) is 0 Å². The molecule has 6 heterocycles. The van der Waals surface area contributed by atoms with Crippen molar-refractivity contribution in [3.8, 4) is 33.6 Å². The maximum Gasteiger partial charge on any atom is 0.155 e. The lowest BCUT2D eigenvalue weighted by atomic mass is 10.0. The lowest BCUT2D eigenvalue weighted by Crippen LogP contribution is -2.10. The highest BCUT2D eigenvalue weighted by Gasteiger charge is 2.16. The molecule has 6 aromatic heterocycles. The van der Waals surface area contributed by atoms with Gasteiger partial charge in [-0.25, -0.2) is 9.97 Å². The van der Waals surface area contributed by atoms with Crippen molar-refractivity contribution in [2.75, 3.05) is 14.1 Å². The van der Waals surface area contributed by atoms with Gasteiger partial charge in [-0.05, 0) is 71.9 Å². The third kappa shape index (κ3) is 3.59. The van der Waals surface area contributed by atoms with Gasteiger partial charge in [-0.1, -0.05) is 0 Å². The summed E-state index contributed by atoms with van der Waals surface area (Å²) < 4.78 is 0. The average molecular weight is 452 g/mol. The van der Waals surface area contributed by atoms with Crippen LogP contribution in [0.3, 0.4) is 0 Å². The highest BCUT2D eigenvalue weighted by Crippen LogP contribution is 2.34. The number of nitrogens with zero attached hydrogens (tertiary/aromatic N) is 5. The molecule has 33 heavy (non-hydrogen) atoms. The molecule has 0 aliphatic heterocycles. The van der Waals surface area contributed by atoms with Gasteiger partial charge < -0.3 is 9.88 Å². The highest BCUT2D eigenvalue weighted by atomic mass is 32.1. The minimum atomic E-state index is 0.746. The summed E-state index contributed by atoms with van der Waals surface area (Å²) in [6.07, 6.45) is 7.48. The van der Waals surface area contributed by atoms with Crippen molar-refractivity contribution in [2.24, 2.45) is 0 Å². The zero-order valence-corrected chi connectivity index (χ0v) is 19.0. The second-order valence-electron chi connectivity index (χ2n) is 8.33. The molecule has 0 aliphatic rings. The Morgan fingerprint density at radius 3 is 2.67 bits per heavy atom. The fourth-order valence-corrected chi connectivity index (χ4v) is 4.84. The van der Waals surface area contributed by atoms with Crippen LogP contribution >= 0.6 is 11.3 Å². The molecule has 2 N–H and O–H groups in total. The molecule has 7 nitrogen and oxygen atoms in total. The predicted molar refractivity (Wildman–Crippen MR) is 133 cm³/mol. The minimum absolute atomic E-state index is 0.746. The second-order valence-corrected chi connectivity index (χ2v) is 9.11. The Morgan fingerprint density at radius 1 is 0.909 bits per heavy atom. The molecule has 0 saturated carbocycles. The summed E-state index contributed by atoms with van der Waals surface area (Å²) in [6.45, 7) is 0.835. The van der Waals surface area contributed by atoms with E-state index in [0.717, 1.165) is 62.3 Å². The molecule has 0 aromatic carbocycles. The van der Waals surface area contributed by atoms with Crippen molar-refractivity contribution in [2.45, 2.75) is 6.54 Å². The number of hydrogen-bond acceptors (Lipinski definition) is 6. The van der Waals surface area contributed by atoms with E-state index in [2.05, 4.69) is 90.2 Å². The van der Waals surface area contributed by atoms with Crippen LogP contribution in [-0.2, 0) is 6.54 Å². The molecule has 0 saturated heterocycles. The summed E-state index contributed by atoms with van der Waals surface area (Å²) in [7, 11) is 4.11. The summed E-state index contributed by atoms with van der Waals surface area (Å²) in [6, 6.07) is 10.6. The first-order valence-corrected chi connectivity index (χ1v) is 11.5. The number of aromatic amines is 2. The van der Waals surface area contributed by atoms with Gasteiger partial charge in [0.2, 0.25) is 0 Å². The number of nitrogens with one attached hydrogen (secondary N) is 2. The van der Waals surface area contributed by atoms with Crippen molar-refractivity contribution in [1.82, 2.24) is 35.0 Å². The molecule has 0 amide bonds. The Bertz CT molecular complexity index is 1580. The van der Waals surface area contributed by atoms with Crippen LogP contribution < -0.4 is 0 Å². The maximum absolute atomic E-state index is 4.62. The van der Waals surface area contributed by atoms with Crippen LogP contribution in [-0.4, -0.2) is 49.1 Å². The molecule has 162 valence electrons. The number of rotatable bonds is 5. The first-order valence-electron chi connectivity index (χ1n) is 10.6. The summed E-state index contributed by atoms with van der Waals surface area (Å²) in [5.74, 6) is 0. The fraction of sp³-hybridized carbons (Fsp3) is 0.120. The Balaban J connectivity index is 1.45. The first-order chi connectivity index (χ1) is 16.2. The third-order valence-corrected chi connectivity index (χ3v) is 6.35. The van der Waals surface area contributed by atoms with Crippen molar-refractivity contribution < 1.29 is 0 Å². The Morgan fingerprint density at radius 2 is 1.82 bits per heavy atom. The summed E-state index contributed by atoms with van der Waals surface area (Å²) >= 11 is 1.69. The van der Waals surface area contributed by atoms with E-state index in [-0.39, 0.29) is 0 Å². The molecule has 0 aliphatic carbocycles. The maximum atomic E-state index is 4.62.